The first-order chi connectivity index (χ1) is 18.2. The van der Waals surface area contributed by atoms with Gasteiger partial charge in [-0.1, -0.05) is 24.3 Å². The van der Waals surface area contributed by atoms with Crippen LogP contribution in [0.1, 0.15) is 27.8 Å². The summed E-state index contributed by atoms with van der Waals surface area (Å²) in [6.07, 6.45) is -1.00. The van der Waals surface area contributed by atoms with Crippen LogP contribution in [0.3, 0.4) is 0 Å². The third-order valence-corrected chi connectivity index (χ3v) is 6.82. The van der Waals surface area contributed by atoms with Gasteiger partial charge in [-0.15, -0.1) is 0 Å². The molecule has 0 aliphatic rings. The van der Waals surface area contributed by atoms with Crippen LogP contribution in [-0.4, -0.2) is 17.7 Å². The fourth-order valence-corrected chi connectivity index (χ4v) is 4.61. The Morgan fingerprint density at radius 1 is 0.842 bits per heavy atom. The lowest BCUT2D eigenvalue weighted by Gasteiger charge is -2.10. The molecule has 0 spiro atoms. The van der Waals surface area contributed by atoms with Crippen molar-refractivity contribution in [3.8, 4) is 5.69 Å². The van der Waals surface area contributed by atoms with E-state index in [-0.39, 0.29) is 5.43 Å². The molecule has 0 bridgehead atoms. The molecule has 2 heterocycles. The number of alkyl halides is 3. The van der Waals surface area contributed by atoms with Crippen molar-refractivity contribution in [2.75, 3.05) is 13.1 Å². The van der Waals surface area contributed by atoms with Crippen LogP contribution >= 0.6 is 0 Å². The zero-order chi connectivity index (χ0) is 26.9. The van der Waals surface area contributed by atoms with Gasteiger partial charge in [-0.25, -0.2) is 0 Å². The minimum atomic E-state index is -4.40. The summed E-state index contributed by atoms with van der Waals surface area (Å²) in [7, 11) is 0. The summed E-state index contributed by atoms with van der Waals surface area (Å²) in [5.74, 6) is 0. The van der Waals surface area contributed by atoms with Gasteiger partial charge in [0.2, 0.25) is 0 Å². The normalized spacial score (nSPS) is 12.0. The molecule has 3 aromatic carbocycles. The molecule has 5 nitrogen and oxygen atoms in total. The number of hydrogen-bond acceptors (Lipinski definition) is 4. The lowest BCUT2D eigenvalue weighted by atomic mass is 10.1. The Kier molecular flexibility index (Phi) is 7.10. The first-order valence-electron chi connectivity index (χ1n) is 12.4. The van der Waals surface area contributed by atoms with E-state index in [2.05, 4.69) is 10.6 Å². The molecular weight excluding hydrogens is 491 g/mol. The molecule has 0 unspecified atom stereocenters. The number of rotatable bonds is 8. The third-order valence-electron chi connectivity index (χ3n) is 6.82. The average Bonchev–Trinajstić information content (AvgIpc) is 3.27. The monoisotopic (exact) mass is 519 g/mol. The van der Waals surface area contributed by atoms with E-state index in [4.69, 9.17) is 4.42 Å². The Labute approximate surface area is 217 Å². The van der Waals surface area contributed by atoms with Gasteiger partial charge in [-0.05, 0) is 66.9 Å². The lowest BCUT2D eigenvalue weighted by Crippen LogP contribution is -2.28. The van der Waals surface area contributed by atoms with Gasteiger partial charge < -0.3 is 19.6 Å². The number of aryl methyl sites for hydroxylation is 2. The Balaban J connectivity index is 1.22. The molecule has 0 fully saturated rings. The van der Waals surface area contributed by atoms with Gasteiger partial charge in [-0.3, -0.25) is 4.79 Å². The van der Waals surface area contributed by atoms with Crippen molar-refractivity contribution >= 4 is 21.9 Å². The van der Waals surface area contributed by atoms with Crippen molar-refractivity contribution in [1.82, 2.24) is 15.2 Å². The van der Waals surface area contributed by atoms with E-state index in [1.807, 2.05) is 56.4 Å². The number of benzene rings is 3. The molecule has 0 atom stereocenters. The van der Waals surface area contributed by atoms with Crippen LogP contribution in [-0.2, 0) is 19.3 Å². The van der Waals surface area contributed by atoms with Crippen LogP contribution < -0.4 is 16.1 Å². The molecule has 2 aromatic heterocycles. The molecule has 0 radical (unpaired) electrons. The van der Waals surface area contributed by atoms with Gasteiger partial charge in [0, 0.05) is 49.0 Å². The molecule has 0 saturated heterocycles. The van der Waals surface area contributed by atoms with E-state index in [1.54, 1.807) is 10.6 Å². The van der Waals surface area contributed by atoms with Gasteiger partial charge in [0.05, 0.1) is 22.7 Å². The maximum absolute atomic E-state index is 13.3. The molecule has 196 valence electrons. The maximum Gasteiger partial charge on any atom is 0.416 e. The summed E-state index contributed by atoms with van der Waals surface area (Å²) < 4.78 is 47.2. The van der Waals surface area contributed by atoms with Gasteiger partial charge in [-0.2, -0.15) is 13.2 Å². The second kappa shape index (κ2) is 10.5. The van der Waals surface area contributed by atoms with Crippen LogP contribution in [0.4, 0.5) is 13.2 Å². The molecule has 0 aliphatic carbocycles. The van der Waals surface area contributed by atoms with Crippen LogP contribution in [0.15, 0.2) is 82.3 Å². The molecule has 38 heavy (non-hydrogen) atoms. The summed E-state index contributed by atoms with van der Waals surface area (Å²) in [4.78, 5) is 12.8. The quantitative estimate of drug-likeness (QED) is 0.238. The van der Waals surface area contributed by atoms with Gasteiger partial charge in [0.15, 0.2) is 5.43 Å². The Bertz CT molecular complexity index is 1670. The first kappa shape index (κ1) is 25.8. The van der Waals surface area contributed by atoms with E-state index in [0.29, 0.717) is 48.4 Å². The molecule has 0 amide bonds. The fraction of sp³-hybridized carbons (Fsp3) is 0.233. The van der Waals surface area contributed by atoms with Crippen LogP contribution in [0.5, 0.6) is 0 Å². The number of nitrogens with one attached hydrogen (secondary N) is 2. The number of para-hydroxylation sites is 1. The van der Waals surface area contributed by atoms with Crippen molar-refractivity contribution in [3.63, 3.8) is 0 Å². The van der Waals surface area contributed by atoms with Gasteiger partial charge in [0.25, 0.3) is 0 Å². The van der Waals surface area contributed by atoms with Crippen LogP contribution in [0, 0.1) is 13.8 Å². The highest BCUT2D eigenvalue weighted by Crippen LogP contribution is 2.32. The van der Waals surface area contributed by atoms with Crippen molar-refractivity contribution in [3.05, 3.63) is 111 Å². The predicted octanol–water partition coefficient (Wildman–Crippen LogP) is 6.25. The van der Waals surface area contributed by atoms with Gasteiger partial charge in [0.1, 0.15) is 5.58 Å². The maximum atomic E-state index is 13.3. The topological polar surface area (TPSA) is 59.2 Å². The smallest absolute Gasteiger partial charge is 0.416 e. The van der Waals surface area contributed by atoms with E-state index in [0.717, 1.165) is 33.7 Å². The fourth-order valence-electron chi connectivity index (χ4n) is 4.61. The zero-order valence-electron chi connectivity index (χ0n) is 21.2. The third kappa shape index (κ3) is 5.23. The summed E-state index contributed by atoms with van der Waals surface area (Å²) in [5, 5.41) is 8.22. The van der Waals surface area contributed by atoms with E-state index < -0.39 is 11.7 Å². The SMILES string of the molecule is Cc1cc2occ(CNCCNCc3cn(-c4cccc(C(F)(F)F)c4)c4ccccc34)c(=O)c2cc1C. The van der Waals surface area contributed by atoms with Crippen LogP contribution in [0.2, 0.25) is 0 Å². The number of hydrogen-bond donors (Lipinski definition) is 2. The molecule has 5 rings (SSSR count). The Hall–Kier alpha value is -3.88. The molecular formula is C30H28F3N3O2. The summed E-state index contributed by atoms with van der Waals surface area (Å²) >= 11 is 0. The second-order valence-corrected chi connectivity index (χ2v) is 9.47. The molecule has 5 aromatic rings. The van der Waals surface area contributed by atoms with Crippen molar-refractivity contribution in [1.29, 1.82) is 0 Å². The highest BCUT2D eigenvalue weighted by Gasteiger charge is 2.30. The standard InChI is InChI=1S/C30H28F3N3O2/c1-19-12-26-28(13-20(19)2)38-18-22(29(26)37)16-35-11-10-34-15-21-17-36(27-9-4-3-8-25(21)27)24-7-5-6-23(14-24)30(31,32)33/h3-9,12-14,17-18,34-35H,10-11,15-16H2,1-2H3. The van der Waals surface area contributed by atoms with Crippen LogP contribution in [0.25, 0.3) is 27.6 Å². The number of halogens is 3. The molecule has 0 saturated carbocycles. The van der Waals surface area contributed by atoms with E-state index in [9.17, 15) is 18.0 Å². The lowest BCUT2D eigenvalue weighted by molar-refractivity contribution is -0.137. The van der Waals surface area contributed by atoms with Crippen molar-refractivity contribution in [2.45, 2.75) is 33.1 Å². The highest BCUT2D eigenvalue weighted by atomic mass is 19.4. The molecule has 2 N–H and O–H groups in total. The summed E-state index contributed by atoms with van der Waals surface area (Å²) in [5.41, 5.74) is 4.88. The highest BCUT2D eigenvalue weighted by molar-refractivity contribution is 5.85. The Morgan fingerprint density at radius 3 is 2.32 bits per heavy atom. The van der Waals surface area contributed by atoms with E-state index in [1.165, 1.54) is 18.4 Å². The molecule has 0 aliphatic heterocycles. The summed E-state index contributed by atoms with van der Waals surface area (Å²) in [6, 6.07) is 16.8. The summed E-state index contributed by atoms with van der Waals surface area (Å²) in [6.45, 7) is 6.16. The average molecular weight is 520 g/mol. The Morgan fingerprint density at radius 2 is 1.55 bits per heavy atom. The van der Waals surface area contributed by atoms with Crippen molar-refractivity contribution in [2.24, 2.45) is 0 Å². The predicted molar refractivity (Wildman–Crippen MR) is 144 cm³/mol. The largest absolute Gasteiger partial charge is 0.464 e. The minimum Gasteiger partial charge on any atom is -0.464 e. The number of fused-ring (bicyclic) bond motifs is 2. The first-order valence-corrected chi connectivity index (χ1v) is 12.4. The number of aromatic nitrogens is 1. The minimum absolute atomic E-state index is 0.0304. The molecule has 8 heteroatoms. The zero-order valence-corrected chi connectivity index (χ0v) is 21.2. The second-order valence-electron chi connectivity index (χ2n) is 9.47. The van der Waals surface area contributed by atoms with Crippen molar-refractivity contribution < 1.29 is 17.6 Å². The number of nitrogens with zero attached hydrogens (tertiary/aromatic N) is 1. The van der Waals surface area contributed by atoms with E-state index >= 15 is 0 Å². The van der Waals surface area contributed by atoms with Gasteiger partial charge >= 0.3 is 6.18 Å².